The highest BCUT2D eigenvalue weighted by Crippen LogP contribution is 2.31. The van der Waals surface area contributed by atoms with Crippen molar-refractivity contribution >= 4 is 11.2 Å². The summed E-state index contributed by atoms with van der Waals surface area (Å²) < 4.78 is 24.7. The Morgan fingerprint density at radius 3 is 2.58 bits per heavy atom. The molecule has 0 saturated carbocycles. The van der Waals surface area contributed by atoms with Gasteiger partial charge in [0.2, 0.25) is 5.88 Å². The average molecular weight is 436 g/mol. The highest BCUT2D eigenvalue weighted by molar-refractivity contribution is 7.90. The van der Waals surface area contributed by atoms with Gasteiger partial charge in [-0.15, -0.1) is 4.98 Å². The smallest absolute Gasteiger partial charge is 0.345 e. The molecule has 0 spiro atoms. The molecule has 0 bridgehead atoms. The summed E-state index contributed by atoms with van der Waals surface area (Å²) >= 11 is -1.30. The molecule has 4 aromatic heterocycles. The van der Waals surface area contributed by atoms with Crippen LogP contribution < -0.4 is 9.47 Å². The van der Waals surface area contributed by atoms with Gasteiger partial charge < -0.3 is 14.0 Å². The minimum atomic E-state index is -1.30. The van der Waals surface area contributed by atoms with E-state index in [0.717, 1.165) is 11.3 Å². The summed E-state index contributed by atoms with van der Waals surface area (Å²) in [7, 11) is 3.36. The van der Waals surface area contributed by atoms with Crippen LogP contribution in [0, 0.1) is 6.92 Å². The molecule has 10 heteroatoms. The Morgan fingerprint density at radius 1 is 1.06 bits per heavy atom. The summed E-state index contributed by atoms with van der Waals surface area (Å²) in [5, 5.41) is 4.38. The highest BCUT2D eigenvalue weighted by Gasteiger charge is 2.17. The molecule has 4 rings (SSSR count). The maximum atomic E-state index is 11.6. The van der Waals surface area contributed by atoms with Crippen molar-refractivity contribution in [3.63, 3.8) is 0 Å². The quantitative estimate of drug-likeness (QED) is 0.335. The molecule has 31 heavy (non-hydrogen) atoms. The Balaban J connectivity index is 1.60. The molecule has 0 aliphatic carbocycles. The van der Waals surface area contributed by atoms with E-state index < -0.39 is 11.2 Å². The second-order valence-electron chi connectivity index (χ2n) is 6.69. The van der Waals surface area contributed by atoms with Crippen LogP contribution in [0.3, 0.4) is 0 Å². The molecule has 0 fully saturated rings. The van der Waals surface area contributed by atoms with Crippen LogP contribution in [-0.4, -0.2) is 47.6 Å². The molecule has 4 aromatic rings. The van der Waals surface area contributed by atoms with Crippen molar-refractivity contribution < 1.29 is 14.0 Å². The number of pyridine rings is 2. The minimum Gasteiger partial charge on any atom is -0.609 e. The average Bonchev–Trinajstić information content (AvgIpc) is 3.21. The van der Waals surface area contributed by atoms with Gasteiger partial charge in [-0.1, -0.05) is 0 Å². The van der Waals surface area contributed by atoms with E-state index in [1.54, 1.807) is 35.4 Å². The first-order valence-corrected chi connectivity index (χ1v) is 10.9. The SMILES string of the molecule is COc1nc([S+](C)[O-])ncc1-c1ccc(Oc2ccnc(-c3cnn(C)c3)c2)c(C)n1. The number of rotatable bonds is 6. The van der Waals surface area contributed by atoms with Crippen molar-refractivity contribution in [3.05, 3.63) is 54.7 Å². The molecule has 0 aliphatic heterocycles. The van der Waals surface area contributed by atoms with E-state index in [4.69, 9.17) is 9.47 Å². The number of hydrogen-bond acceptors (Lipinski definition) is 8. The van der Waals surface area contributed by atoms with Gasteiger partial charge in [0.1, 0.15) is 17.8 Å². The van der Waals surface area contributed by atoms with Gasteiger partial charge >= 0.3 is 5.16 Å². The van der Waals surface area contributed by atoms with Crippen LogP contribution in [0.1, 0.15) is 5.69 Å². The zero-order valence-electron chi connectivity index (χ0n) is 17.4. The van der Waals surface area contributed by atoms with E-state index in [9.17, 15) is 4.55 Å². The summed E-state index contributed by atoms with van der Waals surface area (Å²) in [5.41, 5.74) is 3.59. The Hall–Kier alpha value is -3.50. The standard InChI is InChI=1S/C21H20N6O3S/c1-13-19(30-15-7-8-22-18(9-15)14-10-24-27(2)12-14)6-5-17(25-13)16-11-23-21(31(4)28)26-20(16)29-3/h5-12H,1-4H3. The molecule has 0 saturated heterocycles. The van der Waals surface area contributed by atoms with Gasteiger partial charge in [-0.05, 0) is 25.1 Å². The van der Waals surface area contributed by atoms with Crippen LogP contribution in [0.15, 0.2) is 54.2 Å². The van der Waals surface area contributed by atoms with Gasteiger partial charge in [-0.25, -0.2) is 4.98 Å². The van der Waals surface area contributed by atoms with Gasteiger partial charge in [-0.3, -0.25) is 9.67 Å². The van der Waals surface area contributed by atoms with Crippen LogP contribution in [0.25, 0.3) is 22.5 Å². The molecule has 1 atom stereocenters. The lowest BCUT2D eigenvalue weighted by molar-refractivity contribution is 0.393. The zero-order valence-corrected chi connectivity index (χ0v) is 18.3. The third-order valence-corrected chi connectivity index (χ3v) is 5.17. The first kappa shape index (κ1) is 20.8. The number of aromatic nitrogens is 6. The van der Waals surface area contributed by atoms with Gasteiger partial charge in [0, 0.05) is 48.4 Å². The Labute approximate surface area is 182 Å². The van der Waals surface area contributed by atoms with Crippen molar-refractivity contribution in [2.75, 3.05) is 13.4 Å². The number of aryl methyl sites for hydroxylation is 2. The van der Waals surface area contributed by atoms with Crippen LogP contribution >= 0.6 is 0 Å². The molecule has 0 amide bonds. The van der Waals surface area contributed by atoms with Gasteiger partial charge in [0.25, 0.3) is 0 Å². The lowest BCUT2D eigenvalue weighted by Crippen LogP contribution is -2.06. The van der Waals surface area contributed by atoms with Crippen LogP contribution in [-0.2, 0) is 18.2 Å². The number of hydrogen-bond donors (Lipinski definition) is 0. The molecule has 0 aliphatic rings. The fourth-order valence-electron chi connectivity index (χ4n) is 2.94. The second-order valence-corrected chi connectivity index (χ2v) is 7.96. The predicted molar refractivity (Wildman–Crippen MR) is 115 cm³/mol. The summed E-state index contributed by atoms with van der Waals surface area (Å²) in [4.78, 5) is 17.4. The van der Waals surface area contributed by atoms with Crippen LogP contribution in [0.5, 0.6) is 17.4 Å². The summed E-state index contributed by atoms with van der Waals surface area (Å²) in [6, 6.07) is 7.26. The van der Waals surface area contributed by atoms with Gasteiger partial charge in [0.15, 0.2) is 0 Å². The molecule has 4 heterocycles. The second kappa shape index (κ2) is 8.70. The van der Waals surface area contributed by atoms with E-state index >= 15 is 0 Å². The van der Waals surface area contributed by atoms with Crippen molar-refractivity contribution in [1.29, 1.82) is 0 Å². The molecular weight excluding hydrogens is 416 g/mol. The minimum absolute atomic E-state index is 0.208. The molecule has 158 valence electrons. The molecular formula is C21H20N6O3S. The Morgan fingerprint density at radius 2 is 1.90 bits per heavy atom. The summed E-state index contributed by atoms with van der Waals surface area (Å²) in [6.07, 6.45) is 8.41. The summed E-state index contributed by atoms with van der Waals surface area (Å²) in [6.45, 7) is 1.85. The van der Waals surface area contributed by atoms with E-state index in [1.807, 2.05) is 32.3 Å². The van der Waals surface area contributed by atoms with Crippen LogP contribution in [0.2, 0.25) is 0 Å². The third kappa shape index (κ3) is 4.49. The van der Waals surface area contributed by atoms with Crippen molar-refractivity contribution in [2.24, 2.45) is 7.05 Å². The van der Waals surface area contributed by atoms with Crippen LogP contribution in [0.4, 0.5) is 0 Å². The first-order valence-electron chi connectivity index (χ1n) is 9.30. The topological polar surface area (TPSA) is 111 Å². The van der Waals surface area contributed by atoms with E-state index in [-0.39, 0.29) is 5.16 Å². The maximum Gasteiger partial charge on any atom is 0.345 e. The van der Waals surface area contributed by atoms with Crippen molar-refractivity contribution in [3.8, 4) is 39.9 Å². The molecule has 0 aromatic carbocycles. The third-order valence-electron chi connectivity index (χ3n) is 4.46. The predicted octanol–water partition coefficient (Wildman–Crippen LogP) is 3.18. The first-order chi connectivity index (χ1) is 14.9. The summed E-state index contributed by atoms with van der Waals surface area (Å²) in [5.74, 6) is 1.57. The molecule has 0 N–H and O–H groups in total. The van der Waals surface area contributed by atoms with E-state index in [2.05, 4.69) is 25.0 Å². The zero-order chi connectivity index (χ0) is 22.0. The Kier molecular flexibility index (Phi) is 5.83. The highest BCUT2D eigenvalue weighted by atomic mass is 32.2. The van der Waals surface area contributed by atoms with E-state index in [1.165, 1.54) is 13.4 Å². The lowest BCUT2D eigenvalue weighted by Gasteiger charge is -2.12. The number of nitrogens with zero attached hydrogens (tertiary/aromatic N) is 6. The Bertz CT molecular complexity index is 1230. The fourth-order valence-corrected chi connectivity index (χ4v) is 3.35. The number of ether oxygens (including phenoxy) is 2. The fraction of sp³-hybridized carbons (Fsp3) is 0.190. The maximum absolute atomic E-state index is 11.6. The van der Waals surface area contributed by atoms with Crippen molar-refractivity contribution in [2.45, 2.75) is 12.1 Å². The van der Waals surface area contributed by atoms with E-state index in [0.29, 0.717) is 34.3 Å². The number of methoxy groups -OCH3 is 1. The van der Waals surface area contributed by atoms with Gasteiger partial charge in [-0.2, -0.15) is 10.1 Å². The normalized spacial score (nSPS) is 11.9. The lowest BCUT2D eigenvalue weighted by atomic mass is 10.2. The molecule has 9 nitrogen and oxygen atoms in total. The monoisotopic (exact) mass is 436 g/mol. The molecule has 1 unspecified atom stereocenters. The van der Waals surface area contributed by atoms with Crippen molar-refractivity contribution in [1.82, 2.24) is 29.7 Å². The van der Waals surface area contributed by atoms with Gasteiger partial charge in [0.05, 0.1) is 36.0 Å². The largest absolute Gasteiger partial charge is 0.609 e. The molecule has 0 radical (unpaired) electrons.